The average Bonchev–Trinajstić information content (AvgIpc) is 2.53. The van der Waals surface area contributed by atoms with E-state index in [1.807, 2.05) is 12.1 Å². The molecule has 3 N–H and O–H groups in total. The van der Waals surface area contributed by atoms with E-state index >= 15 is 0 Å². The molecule has 2 saturated carbocycles. The van der Waals surface area contributed by atoms with Gasteiger partial charge in [-0.1, -0.05) is 13.3 Å². The SMILES string of the molecule is CCC(NC(=O)C1CC2CCCC(C1)C2N)c1ccncc1. The zero-order valence-corrected chi connectivity index (χ0v) is 13.4. The minimum Gasteiger partial charge on any atom is -0.349 e. The van der Waals surface area contributed by atoms with E-state index in [0.717, 1.165) is 24.8 Å². The maximum atomic E-state index is 12.7. The number of nitrogens with two attached hydrogens (primary N) is 1. The summed E-state index contributed by atoms with van der Waals surface area (Å²) in [6, 6.07) is 4.38. The van der Waals surface area contributed by atoms with Gasteiger partial charge in [0.2, 0.25) is 5.91 Å². The molecule has 0 aromatic carbocycles. The van der Waals surface area contributed by atoms with Gasteiger partial charge in [-0.2, -0.15) is 0 Å². The zero-order valence-electron chi connectivity index (χ0n) is 13.4. The number of carbonyl (C=O) groups is 1. The van der Waals surface area contributed by atoms with Gasteiger partial charge < -0.3 is 11.1 Å². The van der Waals surface area contributed by atoms with Crippen LogP contribution in [0.5, 0.6) is 0 Å². The summed E-state index contributed by atoms with van der Waals surface area (Å²) < 4.78 is 0. The number of nitrogens with one attached hydrogen (secondary N) is 1. The first kappa shape index (κ1) is 15.5. The minimum atomic E-state index is 0.0888. The fourth-order valence-electron chi connectivity index (χ4n) is 4.31. The topological polar surface area (TPSA) is 68.0 Å². The van der Waals surface area contributed by atoms with Gasteiger partial charge in [0.1, 0.15) is 0 Å². The molecule has 1 aromatic heterocycles. The highest BCUT2D eigenvalue weighted by molar-refractivity contribution is 5.79. The molecule has 1 heterocycles. The van der Waals surface area contributed by atoms with Crippen molar-refractivity contribution in [2.45, 2.75) is 57.5 Å². The summed E-state index contributed by atoms with van der Waals surface area (Å²) in [6.07, 6.45) is 10.1. The van der Waals surface area contributed by atoms with E-state index in [0.29, 0.717) is 17.9 Å². The second-order valence-corrected chi connectivity index (χ2v) is 6.95. The van der Waals surface area contributed by atoms with Gasteiger partial charge in [0.15, 0.2) is 0 Å². The lowest BCUT2D eigenvalue weighted by Gasteiger charge is -2.43. The van der Waals surface area contributed by atoms with Crippen LogP contribution in [0, 0.1) is 17.8 Å². The Labute approximate surface area is 132 Å². The fraction of sp³-hybridized carbons (Fsp3) is 0.667. The Kier molecular flexibility index (Phi) is 4.77. The van der Waals surface area contributed by atoms with Crippen molar-refractivity contribution >= 4 is 5.91 Å². The van der Waals surface area contributed by atoms with Gasteiger partial charge >= 0.3 is 0 Å². The molecule has 3 atom stereocenters. The molecule has 2 bridgehead atoms. The molecule has 2 aliphatic rings. The van der Waals surface area contributed by atoms with E-state index in [9.17, 15) is 4.79 Å². The number of rotatable bonds is 4. The molecule has 22 heavy (non-hydrogen) atoms. The van der Waals surface area contributed by atoms with Crippen LogP contribution in [-0.2, 0) is 4.79 Å². The number of amides is 1. The van der Waals surface area contributed by atoms with E-state index in [1.165, 1.54) is 19.3 Å². The first-order valence-electron chi connectivity index (χ1n) is 8.65. The molecule has 2 fully saturated rings. The number of fused-ring (bicyclic) bond motifs is 2. The average molecular weight is 301 g/mol. The van der Waals surface area contributed by atoms with Gasteiger partial charge in [-0.15, -0.1) is 0 Å². The van der Waals surface area contributed by atoms with Gasteiger partial charge in [-0.3, -0.25) is 9.78 Å². The van der Waals surface area contributed by atoms with E-state index < -0.39 is 0 Å². The zero-order chi connectivity index (χ0) is 15.5. The van der Waals surface area contributed by atoms with Crippen molar-refractivity contribution in [2.24, 2.45) is 23.5 Å². The normalized spacial score (nSPS) is 32.3. The van der Waals surface area contributed by atoms with E-state index in [-0.39, 0.29) is 17.9 Å². The Morgan fingerprint density at radius 1 is 1.32 bits per heavy atom. The highest BCUT2D eigenvalue weighted by Crippen LogP contribution is 2.42. The minimum absolute atomic E-state index is 0.0888. The van der Waals surface area contributed by atoms with Gasteiger partial charge in [0.05, 0.1) is 6.04 Å². The molecule has 1 aromatic rings. The summed E-state index contributed by atoms with van der Waals surface area (Å²) in [5.74, 6) is 1.45. The quantitative estimate of drug-likeness (QED) is 0.898. The van der Waals surface area contributed by atoms with Crippen molar-refractivity contribution in [1.29, 1.82) is 0 Å². The van der Waals surface area contributed by atoms with Gasteiger partial charge in [0.25, 0.3) is 0 Å². The summed E-state index contributed by atoms with van der Waals surface area (Å²) in [5, 5.41) is 3.25. The standard InChI is InChI=1S/C18H27N3O/c1-2-16(12-6-8-20-9-7-12)21-18(22)15-10-13-4-3-5-14(11-15)17(13)19/h6-9,13-17H,2-5,10-11,19H2,1H3,(H,21,22). The van der Waals surface area contributed by atoms with Gasteiger partial charge in [0, 0.05) is 24.4 Å². The van der Waals surface area contributed by atoms with Crippen molar-refractivity contribution in [3.63, 3.8) is 0 Å². The highest BCUT2D eigenvalue weighted by atomic mass is 16.1. The van der Waals surface area contributed by atoms with E-state index in [4.69, 9.17) is 5.73 Å². The van der Waals surface area contributed by atoms with Crippen LogP contribution in [0.1, 0.15) is 57.1 Å². The lowest BCUT2D eigenvalue weighted by Crippen LogP contribution is -2.49. The van der Waals surface area contributed by atoms with Crippen molar-refractivity contribution in [1.82, 2.24) is 10.3 Å². The summed E-state index contributed by atoms with van der Waals surface area (Å²) >= 11 is 0. The first-order chi connectivity index (χ1) is 10.7. The monoisotopic (exact) mass is 301 g/mol. The van der Waals surface area contributed by atoms with Crippen molar-refractivity contribution in [3.05, 3.63) is 30.1 Å². The number of hydrogen-bond acceptors (Lipinski definition) is 3. The highest BCUT2D eigenvalue weighted by Gasteiger charge is 2.40. The third-order valence-corrected chi connectivity index (χ3v) is 5.62. The maximum Gasteiger partial charge on any atom is 0.223 e. The second kappa shape index (κ2) is 6.78. The molecule has 3 rings (SSSR count). The molecular formula is C18H27N3O. The molecule has 120 valence electrons. The predicted molar refractivity (Wildman–Crippen MR) is 86.9 cm³/mol. The van der Waals surface area contributed by atoms with Crippen LogP contribution in [-0.4, -0.2) is 16.9 Å². The number of pyridine rings is 1. The molecule has 0 aliphatic heterocycles. The van der Waals surface area contributed by atoms with Gasteiger partial charge in [-0.05, 0) is 61.6 Å². The molecule has 4 heteroatoms. The molecule has 4 nitrogen and oxygen atoms in total. The smallest absolute Gasteiger partial charge is 0.223 e. The second-order valence-electron chi connectivity index (χ2n) is 6.95. The van der Waals surface area contributed by atoms with Crippen LogP contribution < -0.4 is 11.1 Å². The molecule has 1 amide bonds. The molecule has 0 radical (unpaired) electrons. The van der Waals surface area contributed by atoms with Crippen LogP contribution in [0.15, 0.2) is 24.5 Å². The summed E-state index contributed by atoms with van der Waals surface area (Å²) in [5.41, 5.74) is 7.46. The fourth-order valence-corrected chi connectivity index (χ4v) is 4.31. The predicted octanol–water partition coefficient (Wildman–Crippen LogP) is 2.80. The number of nitrogens with zero attached hydrogens (tertiary/aromatic N) is 1. The molecule has 3 unspecified atom stereocenters. The van der Waals surface area contributed by atoms with Crippen LogP contribution in [0.3, 0.4) is 0 Å². The van der Waals surface area contributed by atoms with Crippen LogP contribution in [0.25, 0.3) is 0 Å². The Bertz CT molecular complexity index is 490. The van der Waals surface area contributed by atoms with E-state index in [1.54, 1.807) is 12.4 Å². The molecule has 2 aliphatic carbocycles. The summed E-state index contributed by atoms with van der Waals surface area (Å²) in [7, 11) is 0. The number of aromatic nitrogens is 1. The van der Waals surface area contributed by atoms with Crippen molar-refractivity contribution in [2.75, 3.05) is 0 Å². The molecule has 0 saturated heterocycles. The van der Waals surface area contributed by atoms with Crippen LogP contribution in [0.2, 0.25) is 0 Å². The first-order valence-corrected chi connectivity index (χ1v) is 8.65. The lowest BCUT2D eigenvalue weighted by atomic mass is 9.65. The largest absolute Gasteiger partial charge is 0.349 e. The maximum absolute atomic E-state index is 12.7. The van der Waals surface area contributed by atoms with Crippen LogP contribution in [0.4, 0.5) is 0 Å². The van der Waals surface area contributed by atoms with E-state index in [2.05, 4.69) is 17.2 Å². The Balaban J connectivity index is 1.64. The lowest BCUT2D eigenvalue weighted by molar-refractivity contribution is -0.128. The third kappa shape index (κ3) is 3.17. The number of hydrogen-bond donors (Lipinski definition) is 2. The third-order valence-electron chi connectivity index (χ3n) is 5.62. The van der Waals surface area contributed by atoms with Crippen molar-refractivity contribution in [3.8, 4) is 0 Å². The summed E-state index contributed by atoms with van der Waals surface area (Å²) in [6.45, 7) is 2.11. The Morgan fingerprint density at radius 2 is 1.95 bits per heavy atom. The van der Waals surface area contributed by atoms with Gasteiger partial charge in [-0.25, -0.2) is 0 Å². The van der Waals surface area contributed by atoms with Crippen LogP contribution >= 0.6 is 0 Å². The Hall–Kier alpha value is -1.42. The van der Waals surface area contributed by atoms with Crippen molar-refractivity contribution < 1.29 is 4.79 Å². The number of carbonyl (C=O) groups excluding carboxylic acids is 1. The molecule has 0 spiro atoms. The Morgan fingerprint density at radius 3 is 2.55 bits per heavy atom. The molecular weight excluding hydrogens is 274 g/mol. The summed E-state index contributed by atoms with van der Waals surface area (Å²) in [4.78, 5) is 16.8.